The third-order valence-electron chi connectivity index (χ3n) is 2.85. The van der Waals surface area contributed by atoms with Crippen molar-refractivity contribution in [1.29, 1.82) is 5.26 Å². The Morgan fingerprint density at radius 3 is 2.40 bits per heavy atom. The second-order valence-electron chi connectivity index (χ2n) is 4.33. The van der Waals surface area contributed by atoms with E-state index in [2.05, 4.69) is 4.72 Å². The number of nitrogens with zero attached hydrogens (tertiary/aromatic N) is 2. The van der Waals surface area contributed by atoms with Crippen LogP contribution in [0.15, 0.2) is 29.2 Å². The summed E-state index contributed by atoms with van der Waals surface area (Å²) in [5, 5.41) is 8.67. The van der Waals surface area contributed by atoms with Crippen LogP contribution in [-0.2, 0) is 14.8 Å². The maximum absolute atomic E-state index is 12.1. The Balaban J connectivity index is 2.89. The highest BCUT2D eigenvalue weighted by molar-refractivity contribution is 7.89. The maximum Gasteiger partial charge on any atom is 0.241 e. The zero-order chi connectivity index (χ0) is 15.3. The summed E-state index contributed by atoms with van der Waals surface area (Å²) in [6.45, 7) is 3.80. The molecule has 0 aliphatic heterocycles. The molecule has 1 aromatic carbocycles. The van der Waals surface area contributed by atoms with Gasteiger partial charge in [-0.25, -0.2) is 8.42 Å². The largest absolute Gasteiger partial charge is 0.345 e. The van der Waals surface area contributed by atoms with Crippen LogP contribution < -0.4 is 4.72 Å². The molecular formula is C13H17N3O3S. The van der Waals surface area contributed by atoms with Gasteiger partial charge in [-0.15, -0.1) is 0 Å². The second kappa shape index (κ2) is 6.50. The molecule has 1 N–H and O–H groups in total. The number of hydrogen-bond acceptors (Lipinski definition) is 4. The topological polar surface area (TPSA) is 90.3 Å². The lowest BCUT2D eigenvalue weighted by Crippen LogP contribution is -2.45. The number of amides is 1. The van der Waals surface area contributed by atoms with E-state index in [0.29, 0.717) is 12.1 Å². The second-order valence-corrected chi connectivity index (χ2v) is 6.05. The van der Waals surface area contributed by atoms with Gasteiger partial charge < -0.3 is 4.90 Å². The average Bonchev–Trinajstić information content (AvgIpc) is 2.45. The van der Waals surface area contributed by atoms with Crippen molar-refractivity contribution in [2.24, 2.45) is 0 Å². The lowest BCUT2D eigenvalue weighted by Gasteiger charge is -2.20. The summed E-state index contributed by atoms with van der Waals surface area (Å²) in [5.74, 6) is -0.301. The number of carbonyl (C=O) groups excluding carboxylic acids is 1. The molecule has 20 heavy (non-hydrogen) atoms. The Hall–Kier alpha value is -1.91. The van der Waals surface area contributed by atoms with Gasteiger partial charge in [0.05, 0.1) is 22.6 Å². The first-order chi connectivity index (χ1) is 9.31. The van der Waals surface area contributed by atoms with E-state index in [1.165, 1.54) is 36.1 Å². The van der Waals surface area contributed by atoms with Gasteiger partial charge in [-0.1, -0.05) is 0 Å². The van der Waals surface area contributed by atoms with E-state index in [-0.39, 0.29) is 10.8 Å². The molecule has 0 spiro atoms. The van der Waals surface area contributed by atoms with Crippen molar-refractivity contribution >= 4 is 15.9 Å². The lowest BCUT2D eigenvalue weighted by atomic mass is 10.2. The zero-order valence-corrected chi connectivity index (χ0v) is 12.4. The van der Waals surface area contributed by atoms with Crippen LogP contribution in [0, 0.1) is 11.3 Å². The summed E-state index contributed by atoms with van der Waals surface area (Å²) >= 11 is 0. The Morgan fingerprint density at radius 2 is 1.95 bits per heavy atom. The number of nitriles is 1. The van der Waals surface area contributed by atoms with E-state index in [0.717, 1.165) is 0 Å². The number of likely N-dealkylation sites (N-methyl/N-ethyl adjacent to an activating group) is 1. The summed E-state index contributed by atoms with van der Waals surface area (Å²) < 4.78 is 26.5. The predicted molar refractivity (Wildman–Crippen MR) is 74.3 cm³/mol. The van der Waals surface area contributed by atoms with Gasteiger partial charge in [-0.2, -0.15) is 9.98 Å². The van der Waals surface area contributed by atoms with E-state index in [9.17, 15) is 13.2 Å². The standard InChI is InChI=1S/C13H17N3O3S/c1-4-16(3)13(17)10(2)15-20(18,19)12-7-5-11(9-14)6-8-12/h5-8,10,15H,4H2,1-3H3. The van der Waals surface area contributed by atoms with E-state index >= 15 is 0 Å². The fourth-order valence-corrected chi connectivity index (χ4v) is 2.74. The molecule has 0 aliphatic carbocycles. The van der Waals surface area contributed by atoms with Crippen LogP contribution in [0.4, 0.5) is 0 Å². The highest BCUT2D eigenvalue weighted by atomic mass is 32.2. The minimum atomic E-state index is -3.78. The third kappa shape index (κ3) is 3.79. The number of hydrogen-bond donors (Lipinski definition) is 1. The van der Waals surface area contributed by atoms with Crippen molar-refractivity contribution in [3.63, 3.8) is 0 Å². The van der Waals surface area contributed by atoms with Crippen LogP contribution in [0.5, 0.6) is 0 Å². The molecule has 1 amide bonds. The van der Waals surface area contributed by atoms with Crippen molar-refractivity contribution in [3.8, 4) is 6.07 Å². The van der Waals surface area contributed by atoms with Gasteiger partial charge in [-0.3, -0.25) is 4.79 Å². The molecule has 1 rings (SSSR count). The van der Waals surface area contributed by atoms with Gasteiger partial charge in [-0.05, 0) is 38.1 Å². The fourth-order valence-electron chi connectivity index (χ4n) is 1.55. The molecule has 0 fully saturated rings. The SMILES string of the molecule is CCN(C)C(=O)C(C)NS(=O)(=O)c1ccc(C#N)cc1. The summed E-state index contributed by atoms with van der Waals surface area (Å²) in [5.41, 5.74) is 0.374. The molecule has 7 heteroatoms. The Labute approximate surface area is 119 Å². The highest BCUT2D eigenvalue weighted by Gasteiger charge is 2.23. The Morgan fingerprint density at radius 1 is 1.40 bits per heavy atom. The maximum atomic E-state index is 12.1. The van der Waals surface area contributed by atoms with E-state index < -0.39 is 16.1 Å². The normalized spacial score (nSPS) is 12.5. The number of rotatable bonds is 5. The molecule has 0 radical (unpaired) electrons. The molecule has 0 saturated carbocycles. The lowest BCUT2D eigenvalue weighted by molar-refractivity contribution is -0.131. The number of sulfonamides is 1. The molecular weight excluding hydrogens is 278 g/mol. The first-order valence-electron chi connectivity index (χ1n) is 6.09. The summed E-state index contributed by atoms with van der Waals surface area (Å²) in [4.78, 5) is 13.3. The molecule has 0 aliphatic rings. The smallest absolute Gasteiger partial charge is 0.241 e. The summed E-state index contributed by atoms with van der Waals surface area (Å²) in [7, 11) is -2.17. The monoisotopic (exact) mass is 295 g/mol. The van der Waals surface area contributed by atoms with Crippen LogP contribution in [0.2, 0.25) is 0 Å². The Kier molecular flexibility index (Phi) is 5.25. The van der Waals surface area contributed by atoms with E-state index in [1.807, 2.05) is 6.07 Å². The van der Waals surface area contributed by atoms with Crippen molar-refractivity contribution in [1.82, 2.24) is 9.62 Å². The summed E-state index contributed by atoms with van der Waals surface area (Å²) in [6, 6.07) is 6.57. The quantitative estimate of drug-likeness (QED) is 0.866. The highest BCUT2D eigenvalue weighted by Crippen LogP contribution is 2.11. The first kappa shape index (κ1) is 16.1. The van der Waals surface area contributed by atoms with Gasteiger partial charge in [0.25, 0.3) is 0 Å². The third-order valence-corrected chi connectivity index (χ3v) is 4.40. The van der Waals surface area contributed by atoms with Crippen molar-refractivity contribution < 1.29 is 13.2 Å². The van der Waals surface area contributed by atoms with Gasteiger partial charge in [0.1, 0.15) is 0 Å². The predicted octanol–water partition coefficient (Wildman–Crippen LogP) is 0.703. The number of benzene rings is 1. The molecule has 0 heterocycles. The van der Waals surface area contributed by atoms with Crippen LogP contribution in [0.3, 0.4) is 0 Å². The molecule has 0 bridgehead atoms. The summed E-state index contributed by atoms with van der Waals surface area (Å²) in [6.07, 6.45) is 0. The molecule has 1 atom stereocenters. The van der Waals surface area contributed by atoms with Crippen LogP contribution in [-0.4, -0.2) is 38.9 Å². The average molecular weight is 295 g/mol. The molecule has 1 aromatic rings. The van der Waals surface area contributed by atoms with Gasteiger partial charge in [0.2, 0.25) is 15.9 Å². The number of carbonyl (C=O) groups is 1. The van der Waals surface area contributed by atoms with Crippen LogP contribution >= 0.6 is 0 Å². The van der Waals surface area contributed by atoms with Gasteiger partial charge in [0.15, 0.2) is 0 Å². The minimum Gasteiger partial charge on any atom is -0.345 e. The fraction of sp³-hybridized carbons (Fsp3) is 0.385. The van der Waals surface area contributed by atoms with Crippen LogP contribution in [0.1, 0.15) is 19.4 Å². The van der Waals surface area contributed by atoms with Gasteiger partial charge >= 0.3 is 0 Å². The Bertz CT molecular complexity index is 617. The van der Waals surface area contributed by atoms with E-state index in [4.69, 9.17) is 5.26 Å². The van der Waals surface area contributed by atoms with Gasteiger partial charge in [0, 0.05) is 13.6 Å². The zero-order valence-electron chi connectivity index (χ0n) is 11.6. The van der Waals surface area contributed by atoms with E-state index in [1.54, 1.807) is 14.0 Å². The minimum absolute atomic E-state index is 0.0234. The molecule has 1 unspecified atom stereocenters. The van der Waals surface area contributed by atoms with Crippen molar-refractivity contribution in [2.75, 3.05) is 13.6 Å². The molecule has 6 nitrogen and oxygen atoms in total. The van der Waals surface area contributed by atoms with Crippen molar-refractivity contribution in [2.45, 2.75) is 24.8 Å². The first-order valence-corrected chi connectivity index (χ1v) is 7.57. The molecule has 0 saturated heterocycles. The molecule has 0 aromatic heterocycles. The number of nitrogens with one attached hydrogen (secondary N) is 1. The van der Waals surface area contributed by atoms with Crippen molar-refractivity contribution in [3.05, 3.63) is 29.8 Å². The van der Waals surface area contributed by atoms with Crippen LogP contribution in [0.25, 0.3) is 0 Å². The molecule has 108 valence electrons.